The summed E-state index contributed by atoms with van der Waals surface area (Å²) in [5.74, 6) is -4.65. The maximum absolute atomic E-state index is 15.8. The topological polar surface area (TPSA) is 80.9 Å². The van der Waals surface area contributed by atoms with Gasteiger partial charge < -0.3 is 24.3 Å². The molecular formula is C28H30F3NO5. The van der Waals surface area contributed by atoms with Gasteiger partial charge in [0.1, 0.15) is 11.6 Å². The molecule has 9 heteroatoms. The molecule has 198 valence electrons. The molecule has 5 rings (SSSR count). The lowest BCUT2D eigenvalue weighted by Gasteiger charge is -2.26. The third kappa shape index (κ3) is 4.48. The predicted octanol–water partition coefficient (Wildman–Crippen LogP) is 4.99. The molecule has 1 aromatic heterocycles. The molecule has 1 fully saturated rings. The number of fused-ring (bicyclic) bond motifs is 2. The lowest BCUT2D eigenvalue weighted by atomic mass is 9.86. The van der Waals surface area contributed by atoms with Crippen molar-refractivity contribution in [2.75, 3.05) is 6.56 Å². The largest absolute Gasteiger partial charge is 0.586 e. The Morgan fingerprint density at radius 3 is 2.62 bits per heavy atom. The van der Waals surface area contributed by atoms with E-state index in [4.69, 9.17) is 15.1 Å². The fourth-order valence-corrected chi connectivity index (χ4v) is 4.26. The van der Waals surface area contributed by atoms with E-state index in [1.807, 2.05) is 0 Å². The first-order valence-electron chi connectivity index (χ1n) is 16.7. The normalized spacial score (nSPS) is 26.1. The SMILES string of the molecule is [2H]c1c([2H])c(C2(C(=O)Cc3cc4cc(C(C)(C)C([2H])([2H])C)n(C[C@@H](O)C([2H])([2H])O)c4cc3F)C([2H])([2H])C2([2H])[2H])c([2H])c2c1OC(F)(F)O2. The number of ketones is 1. The zero-order valence-corrected chi connectivity index (χ0v) is 19.9. The van der Waals surface area contributed by atoms with E-state index < -0.39 is 114 Å². The number of ether oxygens (including phenoxy) is 2. The summed E-state index contributed by atoms with van der Waals surface area (Å²) in [6, 6.07) is -0.0595. The van der Waals surface area contributed by atoms with Gasteiger partial charge in [-0.3, -0.25) is 4.79 Å². The number of rotatable bonds is 9. The van der Waals surface area contributed by atoms with Gasteiger partial charge in [0.25, 0.3) is 0 Å². The number of aromatic nitrogens is 1. The van der Waals surface area contributed by atoms with Crippen LogP contribution >= 0.6 is 0 Å². The van der Waals surface area contributed by atoms with Crippen molar-refractivity contribution >= 4 is 16.7 Å². The zero-order valence-electron chi connectivity index (χ0n) is 30.9. The highest BCUT2D eigenvalue weighted by atomic mass is 19.3. The van der Waals surface area contributed by atoms with Crippen LogP contribution < -0.4 is 9.47 Å². The molecule has 0 radical (unpaired) electrons. The van der Waals surface area contributed by atoms with Gasteiger partial charge in [-0.25, -0.2) is 4.39 Å². The molecule has 0 amide bonds. The van der Waals surface area contributed by atoms with E-state index in [2.05, 4.69) is 9.47 Å². The van der Waals surface area contributed by atoms with Crippen LogP contribution in [0.4, 0.5) is 13.2 Å². The number of benzene rings is 2. The number of carbonyl (C=O) groups is 1. The number of Topliss-reactive ketones (excluding diaryl/α,β-unsaturated/α-hetero) is 1. The van der Waals surface area contributed by atoms with Crippen LogP contribution in [0.15, 0.2) is 36.3 Å². The Morgan fingerprint density at radius 1 is 1.27 bits per heavy atom. The van der Waals surface area contributed by atoms with Gasteiger partial charge in [0.15, 0.2) is 11.5 Å². The average Bonchev–Trinajstić information content (AvgIpc) is 3.25. The summed E-state index contributed by atoms with van der Waals surface area (Å²) < 4.78 is 144. The lowest BCUT2D eigenvalue weighted by Crippen LogP contribution is -2.26. The Hall–Kier alpha value is -3.04. The number of aliphatic hydroxyl groups is 2. The smallest absolute Gasteiger partial charge is 0.395 e. The molecule has 1 aliphatic carbocycles. The minimum atomic E-state index is -4.37. The highest BCUT2D eigenvalue weighted by molar-refractivity contribution is 5.95. The maximum atomic E-state index is 15.8. The molecule has 37 heavy (non-hydrogen) atoms. The summed E-state index contributed by atoms with van der Waals surface area (Å²) in [7, 11) is 0. The molecule has 0 spiro atoms. The van der Waals surface area contributed by atoms with Crippen molar-refractivity contribution in [2.24, 2.45) is 0 Å². The first-order valence-corrected chi connectivity index (χ1v) is 11.2. The summed E-state index contributed by atoms with van der Waals surface area (Å²) >= 11 is 0. The molecule has 1 atom stereocenters. The van der Waals surface area contributed by atoms with Gasteiger partial charge in [-0.1, -0.05) is 26.8 Å². The van der Waals surface area contributed by atoms with Crippen molar-refractivity contribution in [1.82, 2.24) is 4.57 Å². The van der Waals surface area contributed by atoms with Crippen molar-refractivity contribution in [3.05, 3.63) is 59.0 Å². The highest BCUT2D eigenvalue weighted by Crippen LogP contribution is 2.52. The van der Waals surface area contributed by atoms with Crippen LogP contribution in [0.1, 0.15) is 71.8 Å². The van der Waals surface area contributed by atoms with Crippen LogP contribution in [-0.4, -0.2) is 39.5 Å². The summed E-state index contributed by atoms with van der Waals surface area (Å²) in [5, 5.41) is 20.2. The summed E-state index contributed by atoms with van der Waals surface area (Å²) in [6.45, 7) is 0.511. The lowest BCUT2D eigenvalue weighted by molar-refractivity contribution is -0.286. The van der Waals surface area contributed by atoms with E-state index in [1.165, 1.54) is 31.4 Å². The van der Waals surface area contributed by atoms with Crippen LogP contribution in [0.25, 0.3) is 10.9 Å². The molecule has 0 unspecified atom stereocenters. The number of hydrogen-bond acceptors (Lipinski definition) is 5. The standard InChI is InChI=1S/C28H30F3NO5/c1-4-26(2,3)24-10-17-9-16(20(29)13-21(17)32(24)14-19(34)15-33)11-25(35)27(7-8-27)18-5-6-22-23(12-18)37-28(30,31)36-22/h5-6,9-10,12-13,19,33-34H,4,7-8,11,14-15H2,1-3H3/t19-/m1/s1/i4D2,5D,6D,7D2,8D2,12D,15D2. The predicted molar refractivity (Wildman–Crippen MR) is 131 cm³/mol. The van der Waals surface area contributed by atoms with Crippen LogP contribution in [0, 0.1) is 5.82 Å². The Labute approximate surface area is 228 Å². The molecular weight excluding hydrogens is 487 g/mol. The second-order valence-corrected chi connectivity index (χ2v) is 9.34. The molecule has 0 saturated heterocycles. The second-order valence-electron chi connectivity index (χ2n) is 9.34. The van der Waals surface area contributed by atoms with E-state index in [1.54, 1.807) is 0 Å². The quantitative estimate of drug-likeness (QED) is 0.409. The molecule has 0 bridgehead atoms. The zero-order chi connectivity index (χ0) is 36.5. The molecule has 2 aliphatic rings. The average molecular weight is 529 g/mol. The Bertz CT molecular complexity index is 1850. The minimum Gasteiger partial charge on any atom is -0.395 e. The summed E-state index contributed by atoms with van der Waals surface area (Å²) in [6.07, 6.45) is -15.7. The van der Waals surface area contributed by atoms with Gasteiger partial charge in [0, 0.05) is 31.1 Å². The van der Waals surface area contributed by atoms with Gasteiger partial charge in [0.2, 0.25) is 0 Å². The van der Waals surface area contributed by atoms with Crippen LogP contribution in [0.3, 0.4) is 0 Å². The minimum absolute atomic E-state index is 0.0106. The monoisotopic (exact) mass is 528 g/mol. The molecule has 3 aromatic rings. The van der Waals surface area contributed by atoms with Crippen molar-refractivity contribution in [3.8, 4) is 11.5 Å². The number of nitrogens with zero attached hydrogens (tertiary/aromatic N) is 1. The molecule has 1 saturated carbocycles. The maximum Gasteiger partial charge on any atom is 0.586 e. The van der Waals surface area contributed by atoms with Crippen molar-refractivity contribution in [2.45, 2.75) is 76.1 Å². The highest BCUT2D eigenvalue weighted by Gasteiger charge is 2.52. The van der Waals surface area contributed by atoms with Crippen LogP contribution in [-0.2, 0) is 28.6 Å². The van der Waals surface area contributed by atoms with E-state index >= 15 is 4.39 Å². The number of hydrogen-bond donors (Lipinski definition) is 2. The third-order valence-corrected chi connectivity index (χ3v) is 6.55. The number of alkyl halides is 2. The second kappa shape index (κ2) is 8.77. The fraction of sp³-hybridized carbons (Fsp3) is 0.464. The number of halogens is 3. The summed E-state index contributed by atoms with van der Waals surface area (Å²) in [5.41, 5.74) is -5.79. The van der Waals surface area contributed by atoms with Gasteiger partial charge in [-0.05, 0) is 60.5 Å². The first-order chi connectivity index (χ1) is 21.6. The molecule has 6 nitrogen and oxygen atoms in total. The van der Waals surface area contributed by atoms with Crippen molar-refractivity contribution in [1.29, 1.82) is 0 Å². The van der Waals surface area contributed by atoms with Crippen LogP contribution in [0.5, 0.6) is 11.5 Å². The van der Waals surface area contributed by atoms with Gasteiger partial charge >= 0.3 is 6.29 Å². The van der Waals surface area contributed by atoms with E-state index in [0.717, 1.165) is 12.1 Å². The number of aliphatic hydroxyl groups excluding tert-OH is 1. The Morgan fingerprint density at radius 2 is 1.97 bits per heavy atom. The summed E-state index contributed by atoms with van der Waals surface area (Å²) in [4.78, 5) is 14.0. The number of carbonyl (C=O) groups excluding carboxylic acids is 1. The Balaban J connectivity index is 1.66. The van der Waals surface area contributed by atoms with Gasteiger partial charge in [-0.2, -0.15) is 0 Å². The van der Waals surface area contributed by atoms with Crippen molar-refractivity contribution in [3.63, 3.8) is 0 Å². The molecule has 2 aromatic carbocycles. The fourth-order valence-electron chi connectivity index (χ4n) is 4.26. The first kappa shape index (κ1) is 15.4. The van der Waals surface area contributed by atoms with E-state index in [0.29, 0.717) is 0 Å². The Kier molecular flexibility index (Phi) is 3.65. The molecule has 2 N–H and O–H groups in total. The van der Waals surface area contributed by atoms with E-state index in [-0.39, 0.29) is 16.6 Å². The van der Waals surface area contributed by atoms with Crippen LogP contribution in [0.2, 0.25) is 0 Å². The van der Waals surface area contributed by atoms with E-state index in [9.17, 15) is 23.8 Å². The van der Waals surface area contributed by atoms with Gasteiger partial charge in [0.05, 0.1) is 37.0 Å². The molecule has 1 aliphatic heterocycles. The molecule has 2 heterocycles. The third-order valence-electron chi connectivity index (χ3n) is 6.55. The van der Waals surface area contributed by atoms with Gasteiger partial charge in [-0.15, -0.1) is 8.78 Å². The van der Waals surface area contributed by atoms with Crippen molar-refractivity contribution < 1.29 is 52.7 Å².